The number of carbonyl (C=O) groups is 2. The van der Waals surface area contributed by atoms with Crippen LogP contribution < -0.4 is 22.2 Å². The third kappa shape index (κ3) is 13.3. The Morgan fingerprint density at radius 1 is 0.600 bits per heavy atom. The molecule has 0 aliphatic heterocycles. The molecule has 0 aliphatic carbocycles. The molecule has 4 aromatic carbocycles. The van der Waals surface area contributed by atoms with Gasteiger partial charge in [0.2, 0.25) is 5.91 Å². The van der Waals surface area contributed by atoms with E-state index >= 15 is 0 Å². The molecule has 16 heteroatoms. The molecule has 3 N–H and O–H groups in total. The van der Waals surface area contributed by atoms with Crippen molar-refractivity contribution < 1.29 is 47.5 Å². The fraction of sp³-hybridized carbons (Fsp3) is 0.182. The summed E-state index contributed by atoms with van der Waals surface area (Å²) < 4.78 is 84.3. The van der Waals surface area contributed by atoms with E-state index in [9.17, 15) is 45.5 Å². The van der Waals surface area contributed by atoms with E-state index in [1.54, 1.807) is 84.9 Å². The lowest BCUT2D eigenvalue weighted by Crippen LogP contribution is -2.33. The first-order chi connectivity index (χ1) is 27.9. The van der Waals surface area contributed by atoms with E-state index in [2.05, 4.69) is 16.9 Å². The van der Waals surface area contributed by atoms with Crippen LogP contribution in [0, 0.1) is 11.6 Å². The predicted molar refractivity (Wildman–Crippen MR) is 218 cm³/mol. The summed E-state index contributed by atoms with van der Waals surface area (Å²) in [5.41, 5.74) is 4.06. The fourth-order valence-electron chi connectivity index (χ4n) is 6.01. The van der Waals surface area contributed by atoms with Crippen molar-refractivity contribution in [1.29, 1.82) is 0 Å². The van der Waals surface area contributed by atoms with Crippen molar-refractivity contribution >= 4 is 23.6 Å². The van der Waals surface area contributed by atoms with Gasteiger partial charge in [-0.05, 0) is 34.4 Å². The number of benzene rings is 4. The normalized spacial score (nSPS) is 10.9. The summed E-state index contributed by atoms with van der Waals surface area (Å²) in [5, 5.41) is 2.06. The van der Waals surface area contributed by atoms with Crippen LogP contribution in [0.3, 0.4) is 0 Å². The first kappa shape index (κ1) is 48.4. The monoisotopic (exact) mass is 873 g/mol. The van der Waals surface area contributed by atoms with Gasteiger partial charge >= 0.3 is 17.6 Å². The van der Waals surface area contributed by atoms with Crippen LogP contribution in [0.2, 0.25) is 0 Å². The van der Waals surface area contributed by atoms with Crippen LogP contribution in [0.4, 0.5) is 26.3 Å². The smallest absolute Gasteiger partial charge is 0.352 e. The highest BCUT2D eigenvalue weighted by Gasteiger charge is 2.37. The second kappa shape index (κ2) is 21.9. The lowest BCUT2D eigenvalue weighted by atomic mass is 10.0. The molecule has 0 fully saturated rings. The molecule has 0 radical (unpaired) electrons. The lowest BCUT2D eigenvalue weighted by Gasteiger charge is -2.20. The number of pyridine rings is 2. The minimum Gasteiger partial charge on any atom is -0.352 e. The van der Waals surface area contributed by atoms with Gasteiger partial charge in [-0.1, -0.05) is 121 Å². The first-order valence-electron chi connectivity index (χ1n) is 17.9. The van der Waals surface area contributed by atoms with Crippen molar-refractivity contribution in [1.82, 2.24) is 14.5 Å². The molecule has 6 rings (SSSR count). The van der Waals surface area contributed by atoms with Crippen molar-refractivity contribution in [3.8, 4) is 22.5 Å². The molecule has 0 saturated heterocycles. The van der Waals surface area contributed by atoms with Gasteiger partial charge in [0.05, 0.1) is 42.5 Å². The number of nitrogens with two attached hydrogens (primary N) is 1. The molecule has 6 aromatic rings. The molecule has 0 bridgehead atoms. The number of carbonyl (C=O) groups excluding carboxylic acids is 2. The number of amides is 1. The van der Waals surface area contributed by atoms with E-state index in [0.717, 1.165) is 23.3 Å². The molecule has 316 valence electrons. The van der Waals surface area contributed by atoms with Gasteiger partial charge in [0.1, 0.15) is 0 Å². The molecule has 8 nitrogen and oxygen atoms in total. The molecule has 0 saturated carbocycles. The van der Waals surface area contributed by atoms with Crippen LogP contribution in [-0.4, -0.2) is 20.3 Å². The summed E-state index contributed by atoms with van der Waals surface area (Å²) in [5.74, 6) is -0.515. The number of halogens is 8. The van der Waals surface area contributed by atoms with E-state index in [-0.39, 0.29) is 42.1 Å². The van der Waals surface area contributed by atoms with Crippen molar-refractivity contribution in [3.05, 3.63) is 188 Å². The standard InChI is InChI=1S/C22H19F3N2O2.C20H17F3N2O.C2H4ClO.ClH/c1-15(28)26-13-18-19(22(23,24)25)12-20(17-10-6-3-7-11-17)27(21(18)29)14-16-8-4-2-5-9-16;21-20(22,23)17-11-18(15-9-5-2-6-10-15)25(19(26)16(17)12-24)13-14-7-3-1-4-8-14;1-2(3)4;/h2-12H,13-14H2,1H3,(H,26,28);1-11H,12-13,24H2;3H,1H3;1H/q;;+1;. The van der Waals surface area contributed by atoms with Crippen molar-refractivity contribution in [3.63, 3.8) is 0 Å². The van der Waals surface area contributed by atoms with Crippen LogP contribution >= 0.6 is 12.4 Å². The van der Waals surface area contributed by atoms with Gasteiger partial charge in [-0.2, -0.15) is 26.3 Å². The maximum Gasteiger partial charge on any atom is 0.417 e. The summed E-state index contributed by atoms with van der Waals surface area (Å²) in [7, 11) is 0. The molecule has 60 heavy (non-hydrogen) atoms. The summed E-state index contributed by atoms with van der Waals surface area (Å²) in [6.45, 7) is 1.83. The van der Waals surface area contributed by atoms with E-state index in [4.69, 9.17) is 5.73 Å². The van der Waals surface area contributed by atoms with Crippen LogP contribution in [0.5, 0.6) is 0 Å². The second-order valence-corrected chi connectivity index (χ2v) is 13.5. The number of rotatable bonds is 9. The molecule has 0 spiro atoms. The fourth-order valence-corrected chi connectivity index (χ4v) is 6.01. The van der Waals surface area contributed by atoms with E-state index in [0.29, 0.717) is 11.1 Å². The van der Waals surface area contributed by atoms with Gasteiger partial charge in [0.25, 0.3) is 11.1 Å². The van der Waals surface area contributed by atoms with Gasteiger partial charge in [0.15, 0.2) is 11.6 Å². The zero-order valence-corrected chi connectivity index (χ0v) is 33.9. The Balaban J connectivity index is 0.000000291. The van der Waals surface area contributed by atoms with Crippen molar-refractivity contribution in [2.45, 2.75) is 52.4 Å². The van der Waals surface area contributed by atoms with E-state index in [1.165, 1.54) is 23.0 Å². The van der Waals surface area contributed by atoms with Gasteiger partial charge in [-0.25, -0.2) is 4.79 Å². The zero-order valence-electron chi connectivity index (χ0n) is 32.2. The molecule has 2 heterocycles. The Bertz CT molecular complexity index is 2460. The highest BCUT2D eigenvalue weighted by atomic mass is 35.5. The molecule has 0 aliphatic rings. The maximum atomic E-state index is 13.7. The number of alkyl halides is 6. The predicted octanol–water partition coefficient (Wildman–Crippen LogP) is 8.50. The first-order valence-corrected chi connectivity index (χ1v) is 18.3. The Hall–Kier alpha value is -5.96. The highest BCUT2D eigenvalue weighted by Crippen LogP contribution is 2.35. The average Bonchev–Trinajstić information content (AvgIpc) is 3.19. The SMILES string of the molecule is CC(=O)NCc1c(C(F)(F)F)cc(-c2ccccc2)n(Cc2ccccc2)c1=O.CC(=O)[ClH+].Cl.NCc1c(C(F)(F)F)cc(-c2ccccc2)n(Cc2ccccc2)c1=O. The summed E-state index contributed by atoms with van der Waals surface area (Å²) in [6, 6.07) is 37.1. The number of nitrogens with zero attached hydrogens (tertiary/aromatic N) is 2. The van der Waals surface area contributed by atoms with Gasteiger partial charge in [-0.3, -0.25) is 14.4 Å². The number of aromatic nitrogens is 2. The Kier molecular flexibility index (Phi) is 17.6. The molecular formula is C44H41Cl2F6N4O4+. The maximum absolute atomic E-state index is 13.7. The number of nitrogens with one attached hydrogen (secondary N) is 1. The van der Waals surface area contributed by atoms with E-state index in [1.807, 2.05) is 36.4 Å². The third-order valence-corrected chi connectivity index (χ3v) is 8.64. The molecule has 0 unspecified atom stereocenters. The summed E-state index contributed by atoms with van der Waals surface area (Å²) >= 11 is 3.98. The van der Waals surface area contributed by atoms with Gasteiger partial charge in [0, 0.05) is 31.1 Å². The number of hydrogen-bond donors (Lipinski definition) is 2. The Labute approximate surface area is 352 Å². The third-order valence-electron chi connectivity index (χ3n) is 8.64. The van der Waals surface area contributed by atoms with Crippen LogP contribution in [-0.2, 0) is 48.1 Å². The minimum atomic E-state index is -4.73. The highest BCUT2D eigenvalue weighted by molar-refractivity contribution is 5.85. The van der Waals surface area contributed by atoms with Crippen molar-refractivity contribution in [2.75, 3.05) is 0 Å². The topological polar surface area (TPSA) is 116 Å². The molecule has 2 aromatic heterocycles. The van der Waals surface area contributed by atoms with Crippen LogP contribution in [0.15, 0.2) is 143 Å². The van der Waals surface area contributed by atoms with Crippen LogP contribution in [0.1, 0.15) is 47.2 Å². The summed E-state index contributed by atoms with van der Waals surface area (Å²) in [4.78, 5) is 46.5. The number of hydrogen-bond acceptors (Lipinski definition) is 5. The van der Waals surface area contributed by atoms with Crippen molar-refractivity contribution in [2.24, 2.45) is 5.73 Å². The Morgan fingerprint density at radius 2 is 0.917 bits per heavy atom. The summed E-state index contributed by atoms with van der Waals surface area (Å²) in [6.07, 6.45) is -9.38. The van der Waals surface area contributed by atoms with Crippen LogP contribution in [0.25, 0.3) is 22.5 Å². The van der Waals surface area contributed by atoms with E-state index < -0.39 is 64.7 Å². The second-order valence-electron chi connectivity index (χ2n) is 12.9. The van der Waals surface area contributed by atoms with Gasteiger partial charge < -0.3 is 20.2 Å². The lowest BCUT2D eigenvalue weighted by molar-refractivity contribution is -0.302. The average molecular weight is 875 g/mol. The molecular weight excluding hydrogens is 833 g/mol. The molecule has 1 amide bonds. The Morgan fingerprint density at radius 3 is 1.23 bits per heavy atom. The van der Waals surface area contributed by atoms with Gasteiger partial charge in [-0.15, -0.1) is 12.4 Å². The minimum absolute atomic E-state index is 0. The largest absolute Gasteiger partial charge is 0.417 e. The molecule has 0 atom stereocenters. The quantitative estimate of drug-likeness (QED) is 0.112. The zero-order chi connectivity index (χ0) is 43.3.